The van der Waals surface area contributed by atoms with Crippen molar-refractivity contribution in [3.63, 3.8) is 0 Å². The van der Waals surface area contributed by atoms with Gasteiger partial charge in [0, 0.05) is 77.1 Å². The maximum atomic E-state index is 14.6. The predicted molar refractivity (Wildman–Crippen MR) is 255 cm³/mol. The molecule has 1 saturated carbocycles. The van der Waals surface area contributed by atoms with Crippen molar-refractivity contribution in [1.82, 2.24) is 35.7 Å². The molecule has 1 aliphatic carbocycles. The third-order valence-corrected chi connectivity index (χ3v) is 13.0. The molecule has 2 heterocycles. The zero-order valence-electron chi connectivity index (χ0n) is 40.6. The maximum Gasteiger partial charge on any atom is 0.415 e. The lowest BCUT2D eigenvalue weighted by Crippen LogP contribution is -2.51. The molecule has 17 heteroatoms. The molecule has 1 aliphatic heterocycles. The van der Waals surface area contributed by atoms with E-state index in [1.807, 2.05) is 27.7 Å². The number of amides is 5. The van der Waals surface area contributed by atoms with Crippen LogP contribution in [0.1, 0.15) is 120 Å². The Bertz CT molecular complexity index is 2280. The van der Waals surface area contributed by atoms with Gasteiger partial charge in [-0.05, 0) is 48.3 Å². The lowest BCUT2D eigenvalue weighted by molar-refractivity contribution is -0.141. The zero-order chi connectivity index (χ0) is 50.3. The lowest BCUT2D eigenvalue weighted by atomic mass is 9.74. The molecule has 0 radical (unpaired) electrons. The van der Waals surface area contributed by atoms with Crippen LogP contribution in [-0.4, -0.2) is 112 Å². The molecule has 2 aliphatic rings. The smallest absolute Gasteiger partial charge is 0.410 e. The summed E-state index contributed by atoms with van der Waals surface area (Å²) < 4.78 is 5.61. The van der Waals surface area contributed by atoms with Gasteiger partial charge in [-0.2, -0.15) is 0 Å². The minimum absolute atomic E-state index is 0.0604. The Morgan fingerprint density at radius 3 is 2.10 bits per heavy atom. The maximum absolute atomic E-state index is 14.6. The number of carbonyl (C=O) groups is 9. The van der Waals surface area contributed by atoms with E-state index in [1.54, 1.807) is 74.8 Å². The van der Waals surface area contributed by atoms with Crippen LogP contribution < -0.4 is 20.7 Å². The Hall–Kier alpha value is -6.65. The summed E-state index contributed by atoms with van der Waals surface area (Å²) in [6.07, 6.45) is 6.86. The van der Waals surface area contributed by atoms with Gasteiger partial charge in [-0.25, -0.2) is 9.78 Å². The van der Waals surface area contributed by atoms with Crippen molar-refractivity contribution in [2.24, 2.45) is 29.1 Å². The number of likely N-dealkylation sites (tertiary alicyclic amines) is 1. The van der Waals surface area contributed by atoms with E-state index in [0.717, 1.165) is 32.1 Å². The highest BCUT2D eigenvalue weighted by Gasteiger charge is 2.45. The Morgan fingerprint density at radius 2 is 1.49 bits per heavy atom. The Kier molecular flexibility index (Phi) is 19.4. The van der Waals surface area contributed by atoms with Crippen molar-refractivity contribution >= 4 is 52.9 Å². The molecule has 2 unspecified atom stereocenters. The number of nitrogens with zero attached hydrogens (tertiary/aromatic N) is 4. The van der Waals surface area contributed by atoms with Crippen LogP contribution in [0.4, 0.5) is 4.79 Å². The number of aromatic nitrogens is 2. The fourth-order valence-corrected chi connectivity index (χ4v) is 9.11. The van der Waals surface area contributed by atoms with Gasteiger partial charge in [-0.15, -0.1) is 0 Å². The molecule has 0 bridgehead atoms. The molecule has 6 atom stereocenters. The molecule has 2 fully saturated rings. The number of nitrogens with one attached hydrogen (secondary N) is 3. The Balaban J connectivity index is 1.32. The highest BCUT2D eigenvalue weighted by molar-refractivity contribution is 6.38. The zero-order valence-corrected chi connectivity index (χ0v) is 40.6. The van der Waals surface area contributed by atoms with Crippen molar-refractivity contribution in [3.8, 4) is 5.75 Å². The molecule has 5 rings (SSSR count). The lowest BCUT2D eigenvalue weighted by Gasteiger charge is -2.34. The minimum Gasteiger partial charge on any atom is -0.410 e. The SMILES string of the molecule is CCCC(CC(=O)[C@@H]1CN(C(=O)Oc2ccccc2)C[C@@H]1NC(=O)C(CC(=O)[C@@H](NC(=O)c1cnccn1)C1CCCCC1)C(C)(C)C)C(=O)C(=O)CCC(=O)N[C@H](C(=O)N(C)C)c1ccccc1. The molecule has 1 saturated heterocycles. The fourth-order valence-electron chi connectivity index (χ4n) is 9.11. The highest BCUT2D eigenvalue weighted by Crippen LogP contribution is 2.34. The van der Waals surface area contributed by atoms with Crippen molar-refractivity contribution in [1.29, 1.82) is 0 Å². The summed E-state index contributed by atoms with van der Waals surface area (Å²) in [7, 11) is 3.12. The van der Waals surface area contributed by atoms with Crippen molar-refractivity contribution in [3.05, 3.63) is 90.5 Å². The van der Waals surface area contributed by atoms with Gasteiger partial charge in [0.15, 0.2) is 11.6 Å². The summed E-state index contributed by atoms with van der Waals surface area (Å²) in [5.41, 5.74) is -0.172. The summed E-state index contributed by atoms with van der Waals surface area (Å²) in [6, 6.07) is 14.1. The van der Waals surface area contributed by atoms with Gasteiger partial charge in [0.25, 0.3) is 5.91 Å². The van der Waals surface area contributed by atoms with Gasteiger partial charge in [0.1, 0.15) is 23.3 Å². The first-order chi connectivity index (χ1) is 32.9. The van der Waals surface area contributed by atoms with Crippen LogP contribution in [0.2, 0.25) is 0 Å². The molecule has 2 aromatic carbocycles. The molecular weight excluding hydrogens is 883 g/mol. The van der Waals surface area contributed by atoms with Crippen molar-refractivity contribution < 1.29 is 47.9 Å². The van der Waals surface area contributed by atoms with Gasteiger partial charge in [0.05, 0.1) is 24.2 Å². The molecule has 3 N–H and O–H groups in total. The minimum atomic E-state index is -1.04. The number of likely N-dealkylation sites (N-methyl/N-ethyl adjacent to an activating group) is 1. The van der Waals surface area contributed by atoms with Crippen LogP contribution in [-0.2, 0) is 33.6 Å². The van der Waals surface area contributed by atoms with E-state index < -0.39 is 88.9 Å². The van der Waals surface area contributed by atoms with Crippen LogP contribution in [0, 0.1) is 29.1 Å². The largest absolute Gasteiger partial charge is 0.415 e. The number of hydrogen-bond acceptors (Lipinski definition) is 12. The van der Waals surface area contributed by atoms with Crippen LogP contribution in [0.3, 0.4) is 0 Å². The number of Topliss-reactive ketones (excluding diaryl/α,β-unsaturated/α-hetero) is 4. The number of benzene rings is 2. The van der Waals surface area contributed by atoms with E-state index in [0.29, 0.717) is 12.0 Å². The van der Waals surface area contributed by atoms with E-state index in [2.05, 4.69) is 25.9 Å². The summed E-state index contributed by atoms with van der Waals surface area (Å²) in [6.45, 7) is 6.99. The average molecular weight is 950 g/mol. The Morgan fingerprint density at radius 1 is 0.826 bits per heavy atom. The van der Waals surface area contributed by atoms with Gasteiger partial charge in [-0.1, -0.05) is 102 Å². The monoisotopic (exact) mass is 949 g/mol. The second kappa shape index (κ2) is 25.1. The number of para-hydroxylation sites is 1. The first kappa shape index (κ1) is 53.3. The number of rotatable bonds is 22. The van der Waals surface area contributed by atoms with Crippen LogP contribution >= 0.6 is 0 Å². The third-order valence-electron chi connectivity index (χ3n) is 13.0. The molecule has 69 heavy (non-hydrogen) atoms. The van der Waals surface area contributed by atoms with Gasteiger partial charge in [-0.3, -0.25) is 43.3 Å². The third kappa shape index (κ3) is 15.2. The van der Waals surface area contributed by atoms with E-state index in [1.165, 1.54) is 28.4 Å². The summed E-state index contributed by atoms with van der Waals surface area (Å²) in [5, 5.41) is 8.58. The summed E-state index contributed by atoms with van der Waals surface area (Å²) >= 11 is 0. The van der Waals surface area contributed by atoms with Gasteiger partial charge in [0.2, 0.25) is 23.5 Å². The molecule has 17 nitrogen and oxygen atoms in total. The van der Waals surface area contributed by atoms with E-state index in [-0.39, 0.29) is 67.8 Å². The summed E-state index contributed by atoms with van der Waals surface area (Å²) in [5.74, 6) is -7.37. The topological polar surface area (TPSA) is 231 Å². The number of ether oxygens (including phenoxy) is 1. The van der Waals surface area contributed by atoms with Gasteiger partial charge >= 0.3 is 6.09 Å². The van der Waals surface area contributed by atoms with E-state index in [4.69, 9.17) is 4.74 Å². The molecule has 1 aromatic heterocycles. The predicted octanol–water partition coefficient (Wildman–Crippen LogP) is 5.63. The summed E-state index contributed by atoms with van der Waals surface area (Å²) in [4.78, 5) is 134. The average Bonchev–Trinajstić information content (AvgIpc) is 3.77. The highest BCUT2D eigenvalue weighted by atomic mass is 16.6. The second-order valence-electron chi connectivity index (χ2n) is 19.4. The quantitative estimate of drug-likeness (QED) is 0.104. The molecule has 5 amide bonds. The number of carbonyl (C=O) groups excluding carboxylic acids is 9. The van der Waals surface area contributed by atoms with Crippen LogP contribution in [0.25, 0.3) is 0 Å². The van der Waals surface area contributed by atoms with Gasteiger partial charge < -0.3 is 30.5 Å². The standard InChI is InChI=1S/C52H67N7O10/c1-7-17-35(47(64)41(60)24-25-44(63)56-46(50(67)58(5)6)34-20-13-9-14-21-34)28-42(61)37-31-59(51(68)69-36-22-15-10-16-23-36)32-40(37)55-48(65)38(52(2,3)4)29-43(62)45(33-18-11-8-12-19-33)57-49(66)39-30-53-26-27-54-39/h9-10,13-16,20-23,26-27,30,33,35,37-38,40,45-46H,7-8,11-12,17-19,24-25,28-29,31-32H2,1-6H3,(H,55,65)(H,56,63)(H,57,66)/t35?,37-,38?,40+,45+,46+/m1/s1. The molecule has 370 valence electrons. The van der Waals surface area contributed by atoms with Crippen LogP contribution in [0.5, 0.6) is 5.75 Å². The molecular formula is C52H67N7O10. The molecule has 3 aromatic rings. The second-order valence-corrected chi connectivity index (χ2v) is 19.4. The van der Waals surface area contributed by atoms with E-state index >= 15 is 0 Å². The Labute approximate surface area is 404 Å². The van der Waals surface area contributed by atoms with Crippen molar-refractivity contribution in [2.45, 2.75) is 116 Å². The fraction of sp³-hybridized carbons (Fsp3) is 0.519. The van der Waals surface area contributed by atoms with Crippen LogP contribution in [0.15, 0.2) is 79.3 Å². The number of hydrogen-bond donors (Lipinski definition) is 3. The van der Waals surface area contributed by atoms with E-state index in [9.17, 15) is 43.2 Å². The normalized spacial score (nSPS) is 17.9. The number of ketones is 4. The first-order valence-electron chi connectivity index (χ1n) is 23.9. The molecule has 0 spiro atoms. The van der Waals surface area contributed by atoms with Crippen molar-refractivity contribution in [2.75, 3.05) is 27.2 Å². The first-order valence-corrected chi connectivity index (χ1v) is 23.9.